The van der Waals surface area contributed by atoms with Gasteiger partial charge in [-0.1, -0.05) is 11.6 Å². The highest BCUT2D eigenvalue weighted by atomic mass is 35.5. The molecule has 1 saturated heterocycles. The average molecular weight is 324 g/mol. The smallest absolute Gasteiger partial charge is 0.255 e. The van der Waals surface area contributed by atoms with Crippen LogP contribution < -0.4 is 4.74 Å². The monoisotopic (exact) mass is 323 g/mol. The topological polar surface area (TPSA) is 49.8 Å². The minimum absolute atomic E-state index is 0.0571. The van der Waals surface area contributed by atoms with Gasteiger partial charge in [-0.2, -0.15) is 0 Å². The summed E-state index contributed by atoms with van der Waals surface area (Å²) in [4.78, 5) is 14.4. The van der Waals surface area contributed by atoms with Crippen LogP contribution in [0, 0.1) is 5.92 Å². The van der Waals surface area contributed by atoms with Crippen molar-refractivity contribution in [3.63, 3.8) is 0 Å². The van der Waals surface area contributed by atoms with E-state index >= 15 is 0 Å². The van der Waals surface area contributed by atoms with Crippen molar-refractivity contribution in [2.75, 3.05) is 19.7 Å². The molecule has 1 aromatic carbocycles. The van der Waals surface area contributed by atoms with E-state index < -0.39 is 0 Å². The van der Waals surface area contributed by atoms with Crippen LogP contribution >= 0.6 is 11.6 Å². The van der Waals surface area contributed by atoms with Gasteiger partial charge in [0, 0.05) is 19.7 Å². The summed E-state index contributed by atoms with van der Waals surface area (Å²) in [5.41, 5.74) is 0.515. The number of rotatable bonds is 4. The summed E-state index contributed by atoms with van der Waals surface area (Å²) in [7, 11) is 0. The summed E-state index contributed by atoms with van der Waals surface area (Å²) in [5.74, 6) is 0.856. The molecule has 5 heteroatoms. The number of hydrogen-bond acceptors (Lipinski definition) is 3. The summed E-state index contributed by atoms with van der Waals surface area (Å²) < 4.78 is 5.80. The van der Waals surface area contributed by atoms with Gasteiger partial charge in [0.1, 0.15) is 5.75 Å². The number of nitrogens with zero attached hydrogens (tertiary/aromatic N) is 1. The molecule has 0 aromatic heterocycles. The zero-order valence-corrected chi connectivity index (χ0v) is 13.4. The molecule has 1 aromatic rings. The summed E-state index contributed by atoms with van der Waals surface area (Å²) in [6.45, 7) is 1.46. The molecule has 2 aliphatic rings. The third kappa shape index (κ3) is 3.39. The van der Waals surface area contributed by atoms with Gasteiger partial charge in [0.2, 0.25) is 0 Å². The predicted octanol–water partition coefficient (Wildman–Crippen LogP) is 3.12. The fraction of sp³-hybridized carbons (Fsp3) is 0.588. The number of ether oxygens (including phenoxy) is 1. The van der Waals surface area contributed by atoms with Crippen LogP contribution in [0.1, 0.15) is 42.5 Å². The van der Waals surface area contributed by atoms with Crippen LogP contribution in [0.25, 0.3) is 0 Å². The van der Waals surface area contributed by atoms with Crippen LogP contribution in [0.4, 0.5) is 0 Å². The second kappa shape index (κ2) is 6.88. The van der Waals surface area contributed by atoms with Gasteiger partial charge in [0.15, 0.2) is 0 Å². The lowest BCUT2D eigenvalue weighted by atomic mass is 9.96. The molecule has 3 rings (SSSR count). The molecule has 1 saturated carbocycles. The Balaban J connectivity index is 1.69. The van der Waals surface area contributed by atoms with Gasteiger partial charge in [-0.25, -0.2) is 0 Å². The van der Waals surface area contributed by atoms with E-state index in [1.54, 1.807) is 17.0 Å². The van der Waals surface area contributed by atoms with Crippen molar-refractivity contribution in [3.05, 3.63) is 28.8 Å². The van der Waals surface area contributed by atoms with E-state index in [0.29, 0.717) is 23.2 Å². The maximum atomic E-state index is 12.6. The molecule has 4 nitrogen and oxygen atoms in total. The zero-order valence-electron chi connectivity index (χ0n) is 12.6. The first-order chi connectivity index (χ1) is 10.7. The fourth-order valence-corrected chi connectivity index (χ4v) is 3.24. The lowest BCUT2D eigenvalue weighted by Gasteiger charge is -2.32. The normalized spacial score (nSPS) is 22.3. The Morgan fingerprint density at radius 3 is 2.77 bits per heavy atom. The molecular weight excluding hydrogens is 302 g/mol. The molecule has 0 bridgehead atoms. The van der Waals surface area contributed by atoms with Crippen LogP contribution in [0.5, 0.6) is 5.75 Å². The number of aliphatic hydroxyl groups is 1. The third-order valence-corrected chi connectivity index (χ3v) is 4.90. The number of benzene rings is 1. The van der Waals surface area contributed by atoms with Gasteiger partial charge in [-0.05, 0) is 56.2 Å². The Kier molecular flexibility index (Phi) is 4.89. The standard InChI is InChI=1S/C17H22ClNO3/c18-16-9-14(22-13-4-1-5-13)6-7-15(16)17(21)19-8-2-3-12(10-19)11-20/h6-7,9,12-13,20H,1-5,8,10-11H2. The quantitative estimate of drug-likeness (QED) is 0.926. The first-order valence-corrected chi connectivity index (χ1v) is 8.41. The predicted molar refractivity (Wildman–Crippen MR) is 85.4 cm³/mol. The molecule has 1 aliphatic carbocycles. The lowest BCUT2D eigenvalue weighted by molar-refractivity contribution is 0.0621. The lowest BCUT2D eigenvalue weighted by Crippen LogP contribution is -2.41. The summed E-state index contributed by atoms with van der Waals surface area (Å²) in [6.07, 6.45) is 5.60. The van der Waals surface area contributed by atoms with E-state index in [2.05, 4.69) is 0 Å². The van der Waals surface area contributed by atoms with E-state index in [-0.39, 0.29) is 18.4 Å². The maximum Gasteiger partial charge on any atom is 0.255 e. The van der Waals surface area contributed by atoms with Crippen molar-refractivity contribution in [2.24, 2.45) is 5.92 Å². The van der Waals surface area contributed by atoms with Crippen molar-refractivity contribution in [2.45, 2.75) is 38.2 Å². The van der Waals surface area contributed by atoms with Gasteiger partial charge in [-0.3, -0.25) is 4.79 Å². The SMILES string of the molecule is O=C(c1ccc(OC2CCC2)cc1Cl)N1CCCC(CO)C1. The van der Waals surface area contributed by atoms with E-state index in [0.717, 1.165) is 38.0 Å². The van der Waals surface area contributed by atoms with Crippen molar-refractivity contribution in [1.82, 2.24) is 4.90 Å². The number of carbonyl (C=O) groups excluding carboxylic acids is 1. The molecular formula is C17H22ClNO3. The second-order valence-electron chi connectivity index (χ2n) is 6.25. The van der Waals surface area contributed by atoms with Gasteiger partial charge >= 0.3 is 0 Å². The van der Waals surface area contributed by atoms with E-state index in [4.69, 9.17) is 16.3 Å². The molecule has 2 fully saturated rings. The summed E-state index contributed by atoms with van der Waals surface area (Å²) >= 11 is 6.28. The minimum atomic E-state index is -0.0571. The molecule has 0 radical (unpaired) electrons. The van der Waals surface area contributed by atoms with E-state index in [1.807, 2.05) is 6.07 Å². The van der Waals surface area contributed by atoms with Crippen LogP contribution in [-0.4, -0.2) is 41.7 Å². The van der Waals surface area contributed by atoms with Crippen molar-refractivity contribution in [3.8, 4) is 5.75 Å². The highest BCUT2D eigenvalue weighted by Gasteiger charge is 2.26. The van der Waals surface area contributed by atoms with Gasteiger partial charge in [-0.15, -0.1) is 0 Å². The number of halogens is 1. The number of hydrogen-bond donors (Lipinski definition) is 1. The molecule has 1 amide bonds. The summed E-state index contributed by atoms with van der Waals surface area (Å²) in [6, 6.07) is 5.31. The Morgan fingerprint density at radius 1 is 1.32 bits per heavy atom. The Hall–Kier alpha value is -1.26. The van der Waals surface area contributed by atoms with Crippen LogP contribution in [0.3, 0.4) is 0 Å². The number of carbonyl (C=O) groups is 1. The highest BCUT2D eigenvalue weighted by molar-refractivity contribution is 6.34. The largest absolute Gasteiger partial charge is 0.490 e. The molecule has 1 N–H and O–H groups in total. The molecule has 22 heavy (non-hydrogen) atoms. The number of amides is 1. The average Bonchev–Trinajstić information content (AvgIpc) is 2.50. The van der Waals surface area contributed by atoms with Crippen molar-refractivity contribution < 1.29 is 14.6 Å². The molecule has 120 valence electrons. The minimum Gasteiger partial charge on any atom is -0.490 e. The highest BCUT2D eigenvalue weighted by Crippen LogP contribution is 2.29. The number of likely N-dealkylation sites (tertiary alicyclic amines) is 1. The van der Waals surface area contributed by atoms with E-state index in [9.17, 15) is 9.90 Å². The second-order valence-corrected chi connectivity index (χ2v) is 6.66. The maximum absolute atomic E-state index is 12.6. The fourth-order valence-electron chi connectivity index (χ4n) is 2.99. The first-order valence-electron chi connectivity index (χ1n) is 8.03. The molecule has 0 spiro atoms. The Labute approximate surface area is 136 Å². The number of aliphatic hydroxyl groups excluding tert-OH is 1. The number of piperidine rings is 1. The van der Waals surface area contributed by atoms with Crippen LogP contribution in [-0.2, 0) is 0 Å². The zero-order chi connectivity index (χ0) is 15.5. The van der Waals surface area contributed by atoms with Gasteiger partial charge < -0.3 is 14.7 Å². The van der Waals surface area contributed by atoms with Crippen molar-refractivity contribution >= 4 is 17.5 Å². The summed E-state index contributed by atoms with van der Waals surface area (Å²) in [5, 5.41) is 9.72. The van der Waals surface area contributed by atoms with Crippen LogP contribution in [0.2, 0.25) is 5.02 Å². The third-order valence-electron chi connectivity index (χ3n) is 4.59. The van der Waals surface area contributed by atoms with Crippen molar-refractivity contribution in [1.29, 1.82) is 0 Å². The van der Waals surface area contributed by atoms with Gasteiger partial charge in [0.05, 0.1) is 16.7 Å². The Bertz CT molecular complexity index is 545. The van der Waals surface area contributed by atoms with Gasteiger partial charge in [0.25, 0.3) is 5.91 Å². The van der Waals surface area contributed by atoms with E-state index in [1.165, 1.54) is 6.42 Å². The van der Waals surface area contributed by atoms with Crippen LogP contribution in [0.15, 0.2) is 18.2 Å². The first kappa shape index (κ1) is 15.6. The molecule has 1 aliphatic heterocycles. The molecule has 1 heterocycles. The molecule has 1 atom stereocenters. The Morgan fingerprint density at radius 2 is 2.14 bits per heavy atom. The molecule has 1 unspecified atom stereocenters.